The summed E-state index contributed by atoms with van der Waals surface area (Å²) in [5.74, 6) is -0.00187. The first-order valence-corrected chi connectivity index (χ1v) is 7.93. The van der Waals surface area contributed by atoms with Crippen LogP contribution in [0.1, 0.15) is 28.0 Å². The Morgan fingerprint density at radius 2 is 2.05 bits per heavy atom. The summed E-state index contributed by atoms with van der Waals surface area (Å²) in [6, 6.07) is 5.37. The van der Waals surface area contributed by atoms with Gasteiger partial charge in [-0.2, -0.15) is 0 Å². The van der Waals surface area contributed by atoms with Gasteiger partial charge in [0.2, 0.25) is 5.91 Å². The molecule has 3 rings (SSSR count). The number of carbonyl (C=O) groups is 2. The topological polar surface area (TPSA) is 59.4 Å². The number of fused-ring (bicyclic) bond motifs is 1. The van der Waals surface area contributed by atoms with E-state index in [0.29, 0.717) is 18.4 Å². The Morgan fingerprint density at radius 1 is 1.27 bits per heavy atom. The van der Waals surface area contributed by atoms with Gasteiger partial charge in [-0.05, 0) is 37.1 Å². The maximum Gasteiger partial charge on any atom is 0.307 e. The maximum absolute atomic E-state index is 12.4. The molecule has 0 saturated carbocycles. The van der Waals surface area contributed by atoms with E-state index in [9.17, 15) is 14.4 Å². The van der Waals surface area contributed by atoms with Crippen molar-refractivity contribution in [3.8, 4) is 0 Å². The summed E-state index contributed by atoms with van der Waals surface area (Å²) in [5, 5.41) is 1.75. The zero-order valence-electron chi connectivity index (χ0n) is 12.5. The highest BCUT2D eigenvalue weighted by molar-refractivity contribution is 7.07. The van der Waals surface area contributed by atoms with Crippen LogP contribution in [0.4, 0.5) is 5.69 Å². The van der Waals surface area contributed by atoms with Crippen molar-refractivity contribution in [2.45, 2.75) is 26.3 Å². The number of Topliss-reactive ketones (excluding diaryl/α,β-unsaturated/α-hetero) is 1. The quantitative estimate of drug-likeness (QED) is 0.814. The SMILES string of the molecule is Cc1csc(=O)n1CC(=O)c1ccc2c(c1)CCC(=O)N2C. The molecule has 0 atom stereocenters. The Balaban J connectivity index is 1.88. The molecule has 0 N–H and O–H groups in total. The van der Waals surface area contributed by atoms with Gasteiger partial charge >= 0.3 is 4.87 Å². The number of benzene rings is 1. The molecule has 1 aromatic heterocycles. The first-order chi connectivity index (χ1) is 10.5. The highest BCUT2D eigenvalue weighted by atomic mass is 32.1. The lowest BCUT2D eigenvalue weighted by Crippen LogP contribution is -2.31. The van der Waals surface area contributed by atoms with Crippen LogP contribution in [-0.2, 0) is 17.8 Å². The van der Waals surface area contributed by atoms with Crippen LogP contribution in [-0.4, -0.2) is 23.3 Å². The minimum atomic E-state index is -0.117. The Hall–Kier alpha value is -2.21. The first-order valence-electron chi connectivity index (χ1n) is 7.05. The van der Waals surface area contributed by atoms with Crippen LogP contribution in [0.2, 0.25) is 0 Å². The van der Waals surface area contributed by atoms with Gasteiger partial charge in [-0.1, -0.05) is 11.3 Å². The van der Waals surface area contributed by atoms with Crippen LogP contribution >= 0.6 is 11.3 Å². The van der Waals surface area contributed by atoms with Crippen molar-refractivity contribution in [2.75, 3.05) is 11.9 Å². The van der Waals surface area contributed by atoms with Gasteiger partial charge in [-0.3, -0.25) is 19.0 Å². The molecule has 1 aliphatic heterocycles. The van der Waals surface area contributed by atoms with Crippen molar-refractivity contribution < 1.29 is 9.59 Å². The summed E-state index contributed by atoms with van der Waals surface area (Å²) in [7, 11) is 1.75. The van der Waals surface area contributed by atoms with Crippen LogP contribution in [0, 0.1) is 6.92 Å². The van der Waals surface area contributed by atoms with E-state index in [-0.39, 0.29) is 23.1 Å². The minimum absolute atomic E-state index is 0.0573. The van der Waals surface area contributed by atoms with Gasteiger partial charge in [0, 0.05) is 35.8 Å². The second kappa shape index (κ2) is 5.53. The average molecular weight is 316 g/mol. The molecule has 1 aliphatic rings. The smallest absolute Gasteiger partial charge is 0.307 e. The number of anilines is 1. The second-order valence-electron chi connectivity index (χ2n) is 5.45. The summed E-state index contributed by atoms with van der Waals surface area (Å²) >= 11 is 1.10. The molecule has 1 aromatic carbocycles. The van der Waals surface area contributed by atoms with E-state index in [4.69, 9.17) is 0 Å². The van der Waals surface area contributed by atoms with Crippen LogP contribution < -0.4 is 9.77 Å². The molecule has 114 valence electrons. The van der Waals surface area contributed by atoms with Gasteiger partial charge in [0.15, 0.2) is 5.78 Å². The zero-order valence-corrected chi connectivity index (χ0v) is 13.3. The maximum atomic E-state index is 12.4. The number of aromatic nitrogens is 1. The van der Waals surface area contributed by atoms with Crippen molar-refractivity contribution in [1.29, 1.82) is 0 Å². The third-order valence-corrected chi connectivity index (χ3v) is 4.90. The van der Waals surface area contributed by atoms with Crippen molar-refractivity contribution in [3.05, 3.63) is 50.1 Å². The van der Waals surface area contributed by atoms with Gasteiger partial charge in [0.05, 0.1) is 6.54 Å². The molecule has 0 bridgehead atoms. The van der Waals surface area contributed by atoms with Crippen molar-refractivity contribution in [1.82, 2.24) is 4.57 Å². The van der Waals surface area contributed by atoms with Crippen molar-refractivity contribution in [2.24, 2.45) is 0 Å². The Morgan fingerprint density at radius 3 is 2.73 bits per heavy atom. The molecule has 2 aromatic rings. The fourth-order valence-electron chi connectivity index (χ4n) is 2.66. The Kier molecular flexibility index (Phi) is 3.70. The van der Waals surface area contributed by atoms with Gasteiger partial charge in [0.25, 0.3) is 0 Å². The lowest BCUT2D eigenvalue weighted by atomic mass is 9.97. The summed E-state index contributed by atoms with van der Waals surface area (Å²) < 4.78 is 1.49. The number of carbonyl (C=O) groups excluding carboxylic acids is 2. The van der Waals surface area contributed by atoms with Gasteiger partial charge in [0.1, 0.15) is 0 Å². The number of hydrogen-bond acceptors (Lipinski definition) is 4. The summed E-state index contributed by atoms with van der Waals surface area (Å²) in [5.41, 5.74) is 3.24. The lowest BCUT2D eigenvalue weighted by Gasteiger charge is -2.26. The van der Waals surface area contributed by atoms with Crippen molar-refractivity contribution >= 4 is 28.7 Å². The van der Waals surface area contributed by atoms with Crippen molar-refractivity contribution in [3.63, 3.8) is 0 Å². The van der Waals surface area contributed by atoms with Gasteiger partial charge in [-0.25, -0.2) is 0 Å². The number of ketones is 1. The van der Waals surface area contributed by atoms with Crippen LogP contribution in [0.3, 0.4) is 0 Å². The molecule has 6 heteroatoms. The zero-order chi connectivity index (χ0) is 15.9. The summed E-state index contributed by atoms with van der Waals surface area (Å²) in [6.45, 7) is 1.88. The highest BCUT2D eigenvalue weighted by Gasteiger charge is 2.22. The van der Waals surface area contributed by atoms with Crippen LogP contribution in [0.25, 0.3) is 0 Å². The number of amides is 1. The molecule has 5 nitrogen and oxygen atoms in total. The molecule has 0 spiro atoms. The summed E-state index contributed by atoms with van der Waals surface area (Å²) in [4.78, 5) is 37.3. The second-order valence-corrected chi connectivity index (χ2v) is 6.27. The van der Waals surface area contributed by atoms with Crippen LogP contribution in [0.15, 0.2) is 28.4 Å². The molecule has 0 saturated heterocycles. The monoisotopic (exact) mass is 316 g/mol. The predicted octanol–water partition coefficient (Wildman–Crippen LogP) is 2.01. The summed E-state index contributed by atoms with van der Waals surface area (Å²) in [6.07, 6.45) is 1.11. The molecule has 0 aliphatic carbocycles. The number of hydrogen-bond donors (Lipinski definition) is 0. The van der Waals surface area contributed by atoms with E-state index >= 15 is 0 Å². The largest absolute Gasteiger partial charge is 0.315 e. The molecule has 0 radical (unpaired) electrons. The molecule has 2 heterocycles. The normalized spacial score (nSPS) is 14.1. The van der Waals surface area contributed by atoms with E-state index in [1.165, 1.54) is 4.57 Å². The molecule has 1 amide bonds. The molecule has 22 heavy (non-hydrogen) atoms. The molecular weight excluding hydrogens is 300 g/mol. The number of aryl methyl sites for hydroxylation is 2. The number of nitrogens with zero attached hydrogens (tertiary/aromatic N) is 2. The minimum Gasteiger partial charge on any atom is -0.315 e. The first kappa shape index (κ1) is 14.7. The fourth-order valence-corrected chi connectivity index (χ4v) is 3.40. The number of thiazole rings is 1. The average Bonchev–Trinajstić information content (AvgIpc) is 2.82. The van der Waals surface area contributed by atoms with E-state index in [1.54, 1.807) is 23.4 Å². The number of rotatable bonds is 3. The standard InChI is InChI=1S/C16H16N2O3S/c1-10-9-22-16(21)18(10)8-14(19)12-3-5-13-11(7-12)4-6-15(20)17(13)2/h3,5,7,9H,4,6,8H2,1-2H3. The fraction of sp³-hybridized carbons (Fsp3) is 0.312. The van der Waals surface area contributed by atoms with E-state index in [1.807, 2.05) is 19.1 Å². The molecule has 0 unspecified atom stereocenters. The predicted molar refractivity (Wildman–Crippen MR) is 85.8 cm³/mol. The molecular formula is C16H16N2O3S. The van der Waals surface area contributed by atoms with E-state index in [0.717, 1.165) is 28.3 Å². The Labute approximate surface area is 131 Å². The third-order valence-electron chi connectivity index (χ3n) is 4.02. The Bertz CT molecular complexity index is 819. The molecule has 0 fully saturated rings. The third kappa shape index (κ3) is 2.50. The van der Waals surface area contributed by atoms with E-state index in [2.05, 4.69) is 0 Å². The lowest BCUT2D eigenvalue weighted by molar-refractivity contribution is -0.118. The highest BCUT2D eigenvalue weighted by Crippen LogP contribution is 2.27. The van der Waals surface area contributed by atoms with Gasteiger partial charge < -0.3 is 4.90 Å². The van der Waals surface area contributed by atoms with Crippen LogP contribution in [0.5, 0.6) is 0 Å². The van der Waals surface area contributed by atoms with Gasteiger partial charge in [-0.15, -0.1) is 0 Å². The van der Waals surface area contributed by atoms with E-state index < -0.39 is 0 Å².